The Balaban J connectivity index is 2.09. The van der Waals surface area contributed by atoms with Gasteiger partial charge in [-0.3, -0.25) is 14.9 Å². The molecule has 1 aliphatic heterocycles. The van der Waals surface area contributed by atoms with Crippen molar-refractivity contribution in [2.24, 2.45) is 0 Å². The van der Waals surface area contributed by atoms with Crippen molar-refractivity contribution >= 4 is 45.5 Å². The van der Waals surface area contributed by atoms with E-state index < -0.39 is 17.8 Å². The highest BCUT2D eigenvalue weighted by molar-refractivity contribution is 9.10. The van der Waals surface area contributed by atoms with E-state index in [1.165, 1.54) is 20.3 Å². The lowest BCUT2D eigenvalue weighted by Crippen LogP contribution is -2.54. The summed E-state index contributed by atoms with van der Waals surface area (Å²) in [6.45, 7) is 1.77. The van der Waals surface area contributed by atoms with Gasteiger partial charge in [-0.05, 0) is 55.0 Å². The van der Waals surface area contributed by atoms with Crippen LogP contribution in [-0.2, 0) is 9.59 Å². The number of imide groups is 2. The summed E-state index contributed by atoms with van der Waals surface area (Å²) in [5.41, 5.74) is 1.38. The normalized spacial score (nSPS) is 15.6. The van der Waals surface area contributed by atoms with Crippen LogP contribution in [0.2, 0.25) is 0 Å². The number of ether oxygens (including phenoxy) is 2. The average molecular weight is 445 g/mol. The van der Waals surface area contributed by atoms with E-state index in [9.17, 15) is 14.4 Å². The van der Waals surface area contributed by atoms with Gasteiger partial charge in [-0.1, -0.05) is 15.9 Å². The fourth-order valence-electron chi connectivity index (χ4n) is 2.85. The van der Waals surface area contributed by atoms with Crippen molar-refractivity contribution in [1.82, 2.24) is 5.32 Å². The van der Waals surface area contributed by atoms with Gasteiger partial charge in [0.2, 0.25) is 0 Å². The Morgan fingerprint density at radius 2 is 1.79 bits per heavy atom. The van der Waals surface area contributed by atoms with Crippen molar-refractivity contribution in [2.45, 2.75) is 6.92 Å². The van der Waals surface area contributed by atoms with Crippen molar-refractivity contribution in [1.29, 1.82) is 0 Å². The summed E-state index contributed by atoms with van der Waals surface area (Å²) in [4.78, 5) is 38.7. The Bertz CT molecular complexity index is 1020. The summed E-state index contributed by atoms with van der Waals surface area (Å²) in [6.07, 6.45) is 1.38. The molecule has 0 saturated carbocycles. The van der Waals surface area contributed by atoms with Gasteiger partial charge in [0.1, 0.15) is 17.1 Å². The molecule has 28 heavy (non-hydrogen) atoms. The zero-order valence-corrected chi connectivity index (χ0v) is 17.0. The van der Waals surface area contributed by atoms with Gasteiger partial charge >= 0.3 is 6.03 Å². The number of anilines is 1. The summed E-state index contributed by atoms with van der Waals surface area (Å²) in [6, 6.07) is 9.33. The van der Waals surface area contributed by atoms with Crippen molar-refractivity contribution < 1.29 is 23.9 Å². The molecule has 1 aliphatic rings. The smallest absolute Gasteiger partial charge is 0.335 e. The van der Waals surface area contributed by atoms with Gasteiger partial charge < -0.3 is 9.47 Å². The number of rotatable bonds is 4. The molecule has 0 bridgehead atoms. The molecule has 1 fully saturated rings. The lowest BCUT2D eigenvalue weighted by atomic mass is 10.0. The van der Waals surface area contributed by atoms with Crippen molar-refractivity contribution in [2.75, 3.05) is 19.1 Å². The second kappa shape index (κ2) is 7.85. The molecule has 144 valence electrons. The molecule has 2 aromatic carbocycles. The Kier molecular flexibility index (Phi) is 5.51. The number of nitrogens with one attached hydrogen (secondary N) is 1. The first-order valence-corrected chi connectivity index (χ1v) is 9.04. The van der Waals surface area contributed by atoms with E-state index in [1.807, 2.05) is 0 Å². The topological polar surface area (TPSA) is 84.9 Å². The maximum atomic E-state index is 13.0. The van der Waals surface area contributed by atoms with Gasteiger partial charge in [-0.2, -0.15) is 0 Å². The predicted molar refractivity (Wildman–Crippen MR) is 107 cm³/mol. The number of nitrogens with zero attached hydrogens (tertiary/aromatic N) is 1. The summed E-state index contributed by atoms with van der Waals surface area (Å²) >= 11 is 3.35. The molecule has 0 radical (unpaired) electrons. The number of benzene rings is 2. The quantitative estimate of drug-likeness (QED) is 0.576. The van der Waals surface area contributed by atoms with Crippen LogP contribution in [0.25, 0.3) is 6.08 Å². The number of urea groups is 1. The highest BCUT2D eigenvalue weighted by Gasteiger charge is 2.37. The molecule has 1 heterocycles. The molecule has 7 nitrogen and oxygen atoms in total. The predicted octanol–water partition coefficient (Wildman–Crippen LogP) is 3.44. The fourth-order valence-corrected chi connectivity index (χ4v) is 3.33. The van der Waals surface area contributed by atoms with Gasteiger partial charge in [-0.25, -0.2) is 9.69 Å². The number of barbiturate groups is 1. The zero-order chi connectivity index (χ0) is 20.4. The number of carbonyl (C=O) groups is 3. The highest BCUT2D eigenvalue weighted by atomic mass is 79.9. The Morgan fingerprint density at radius 3 is 2.43 bits per heavy atom. The summed E-state index contributed by atoms with van der Waals surface area (Å²) in [5, 5.41) is 2.21. The molecule has 8 heteroatoms. The van der Waals surface area contributed by atoms with Crippen molar-refractivity contribution in [3.8, 4) is 11.5 Å². The summed E-state index contributed by atoms with van der Waals surface area (Å²) in [5.74, 6) is -0.500. The van der Waals surface area contributed by atoms with Crippen molar-refractivity contribution in [3.63, 3.8) is 0 Å². The van der Waals surface area contributed by atoms with Crippen LogP contribution >= 0.6 is 15.9 Å². The fraction of sp³-hybridized carbons (Fsp3) is 0.150. The minimum absolute atomic E-state index is 0.187. The molecule has 0 aromatic heterocycles. The van der Waals surface area contributed by atoms with Crippen molar-refractivity contribution in [3.05, 3.63) is 57.6 Å². The van der Waals surface area contributed by atoms with Gasteiger partial charge in [0, 0.05) is 10.0 Å². The van der Waals surface area contributed by atoms with Crippen LogP contribution in [0.1, 0.15) is 11.1 Å². The molecule has 0 unspecified atom stereocenters. The maximum absolute atomic E-state index is 13.0. The molecule has 2 aromatic rings. The minimum Gasteiger partial charge on any atom is -0.497 e. The second-order valence-corrected chi connectivity index (χ2v) is 6.91. The van der Waals surface area contributed by atoms with E-state index in [2.05, 4.69) is 21.2 Å². The molecule has 3 rings (SSSR count). The molecular weight excluding hydrogens is 428 g/mol. The summed E-state index contributed by atoms with van der Waals surface area (Å²) in [7, 11) is 2.99. The van der Waals surface area contributed by atoms with Crippen LogP contribution in [0.3, 0.4) is 0 Å². The lowest BCUT2D eigenvalue weighted by molar-refractivity contribution is -0.122. The Morgan fingerprint density at radius 1 is 1.04 bits per heavy atom. The largest absolute Gasteiger partial charge is 0.497 e. The monoisotopic (exact) mass is 444 g/mol. The molecule has 1 saturated heterocycles. The van der Waals surface area contributed by atoms with E-state index in [0.717, 1.165) is 9.37 Å². The summed E-state index contributed by atoms with van der Waals surface area (Å²) < 4.78 is 11.3. The first-order chi connectivity index (χ1) is 13.3. The molecule has 0 aliphatic carbocycles. The van der Waals surface area contributed by atoms with Crippen LogP contribution in [0, 0.1) is 6.92 Å². The van der Waals surface area contributed by atoms with E-state index in [1.54, 1.807) is 43.3 Å². The zero-order valence-electron chi connectivity index (χ0n) is 15.4. The average Bonchev–Trinajstić information content (AvgIpc) is 2.66. The number of carbonyl (C=O) groups excluding carboxylic acids is 3. The van der Waals surface area contributed by atoms with Crippen LogP contribution in [0.15, 0.2) is 46.4 Å². The molecule has 0 atom stereocenters. The van der Waals surface area contributed by atoms with Crippen LogP contribution in [0.4, 0.5) is 10.5 Å². The van der Waals surface area contributed by atoms with E-state index >= 15 is 0 Å². The van der Waals surface area contributed by atoms with E-state index in [0.29, 0.717) is 28.3 Å². The molecular formula is C20H17BrN2O5. The number of methoxy groups -OCH3 is 2. The molecule has 4 amide bonds. The maximum Gasteiger partial charge on any atom is 0.335 e. The first-order valence-electron chi connectivity index (χ1n) is 8.25. The van der Waals surface area contributed by atoms with Crippen LogP contribution in [0.5, 0.6) is 11.5 Å². The Labute approximate surface area is 170 Å². The standard InChI is InChI=1S/C20H17BrN2O5/c1-11-8-13(21)4-6-16(11)23-19(25)15(18(24)22-20(23)26)10-12-9-14(27-2)5-7-17(12)28-3/h4-10H,1-3H3,(H,22,24,26)/b15-10-. The van der Waals surface area contributed by atoms with E-state index in [-0.39, 0.29) is 5.57 Å². The minimum atomic E-state index is -0.796. The second-order valence-electron chi connectivity index (χ2n) is 6.00. The number of hydrogen-bond acceptors (Lipinski definition) is 5. The SMILES string of the molecule is COc1ccc(OC)c(/C=C2/C(=O)NC(=O)N(c3ccc(Br)cc3C)C2=O)c1. The van der Waals surface area contributed by atoms with Crippen LogP contribution < -0.4 is 19.7 Å². The lowest BCUT2D eigenvalue weighted by Gasteiger charge is -2.27. The number of hydrogen-bond donors (Lipinski definition) is 1. The van der Waals surface area contributed by atoms with E-state index in [4.69, 9.17) is 9.47 Å². The Hall–Kier alpha value is -3.13. The van der Waals surface area contributed by atoms with Gasteiger partial charge in [0.15, 0.2) is 0 Å². The van der Waals surface area contributed by atoms with Gasteiger partial charge in [-0.15, -0.1) is 0 Å². The number of aryl methyl sites for hydroxylation is 1. The number of halogens is 1. The van der Waals surface area contributed by atoms with Gasteiger partial charge in [0.25, 0.3) is 11.8 Å². The third-order valence-corrected chi connectivity index (χ3v) is 4.73. The third kappa shape index (κ3) is 3.63. The number of amides is 4. The third-order valence-electron chi connectivity index (χ3n) is 4.24. The van der Waals surface area contributed by atoms with Crippen LogP contribution in [-0.4, -0.2) is 32.1 Å². The molecule has 1 N–H and O–H groups in total. The highest BCUT2D eigenvalue weighted by Crippen LogP contribution is 2.30. The first kappa shape index (κ1) is 19.6. The molecule has 0 spiro atoms. The van der Waals surface area contributed by atoms with Gasteiger partial charge in [0.05, 0.1) is 19.9 Å².